The van der Waals surface area contributed by atoms with Gasteiger partial charge in [-0.3, -0.25) is 0 Å². The van der Waals surface area contributed by atoms with Gasteiger partial charge in [0, 0.05) is 13.7 Å². The third-order valence-electron chi connectivity index (χ3n) is 2.45. The molecule has 1 N–H and O–H groups in total. The third-order valence-corrected chi connectivity index (χ3v) is 2.45. The smallest absolute Gasteiger partial charge is 0.361 e. The fraction of sp³-hybridized carbons (Fsp3) is 0.769. The fourth-order valence-electron chi connectivity index (χ4n) is 1.68. The number of aliphatic hydroxyl groups is 1. The van der Waals surface area contributed by atoms with Crippen molar-refractivity contribution in [2.45, 2.75) is 52.1 Å². The highest BCUT2D eigenvalue weighted by atomic mass is 16.6. The Morgan fingerprint density at radius 3 is 2.53 bits per heavy atom. The number of esters is 1. The second-order valence-corrected chi connectivity index (χ2v) is 5.52. The molecule has 0 fully saturated rings. The summed E-state index contributed by atoms with van der Waals surface area (Å²) in [5.74, 6) is -0.433. The monoisotopic (exact) mass is 269 g/mol. The molecule has 0 aliphatic carbocycles. The van der Waals surface area contributed by atoms with Crippen molar-refractivity contribution in [3.8, 4) is 0 Å². The van der Waals surface area contributed by atoms with Gasteiger partial charge in [0.1, 0.15) is 5.60 Å². The topological polar surface area (TPSA) is 77.2 Å². The summed E-state index contributed by atoms with van der Waals surface area (Å²) < 4.78 is 5.31. The number of aliphatic hydroxyl groups excluding tert-OH is 1. The lowest BCUT2D eigenvalue weighted by molar-refractivity contribution is 0.00608. The molecule has 108 valence electrons. The minimum atomic E-state index is -0.539. The van der Waals surface area contributed by atoms with E-state index in [1.807, 2.05) is 20.8 Å². The Balaban J connectivity index is 2.69. The number of carbonyl (C=O) groups is 1. The Morgan fingerprint density at radius 1 is 1.26 bits per heavy atom. The van der Waals surface area contributed by atoms with Gasteiger partial charge < -0.3 is 9.84 Å². The number of rotatable bonds is 6. The average molecular weight is 269 g/mol. The van der Waals surface area contributed by atoms with Gasteiger partial charge in [0.15, 0.2) is 5.69 Å². The van der Waals surface area contributed by atoms with Crippen molar-refractivity contribution in [1.29, 1.82) is 0 Å². The molecule has 0 radical (unpaired) electrons. The van der Waals surface area contributed by atoms with Gasteiger partial charge in [0.05, 0.1) is 5.69 Å². The van der Waals surface area contributed by atoms with E-state index in [4.69, 9.17) is 9.84 Å². The van der Waals surface area contributed by atoms with Gasteiger partial charge in [0.25, 0.3) is 0 Å². The summed E-state index contributed by atoms with van der Waals surface area (Å²) in [5.41, 5.74) is 0.416. The molecule has 1 aromatic heterocycles. The van der Waals surface area contributed by atoms with Crippen molar-refractivity contribution < 1.29 is 14.6 Å². The van der Waals surface area contributed by atoms with Gasteiger partial charge in [-0.05, 0) is 40.0 Å². The predicted molar refractivity (Wildman–Crippen MR) is 70.8 cm³/mol. The number of ether oxygens (including phenoxy) is 1. The van der Waals surface area contributed by atoms with Crippen LogP contribution in [0.25, 0.3) is 0 Å². The van der Waals surface area contributed by atoms with Crippen LogP contribution in [0.15, 0.2) is 0 Å². The van der Waals surface area contributed by atoms with Gasteiger partial charge in [0.2, 0.25) is 0 Å². The first-order valence-electron chi connectivity index (χ1n) is 6.58. The van der Waals surface area contributed by atoms with E-state index in [1.54, 1.807) is 7.05 Å². The van der Waals surface area contributed by atoms with E-state index in [2.05, 4.69) is 10.2 Å². The molecule has 6 heteroatoms. The summed E-state index contributed by atoms with van der Waals surface area (Å²) in [6.45, 7) is 5.66. The number of aryl methyl sites for hydroxylation is 2. The van der Waals surface area contributed by atoms with E-state index in [0.717, 1.165) is 19.3 Å². The maximum Gasteiger partial charge on any atom is 0.361 e. The zero-order valence-electron chi connectivity index (χ0n) is 12.1. The molecule has 19 heavy (non-hydrogen) atoms. The molecule has 6 nitrogen and oxygen atoms in total. The number of aromatic nitrogens is 3. The number of carbonyl (C=O) groups excluding carboxylic acids is 1. The molecule has 1 heterocycles. The Kier molecular flexibility index (Phi) is 5.47. The second kappa shape index (κ2) is 6.65. The van der Waals surface area contributed by atoms with Gasteiger partial charge in [-0.15, -0.1) is 5.10 Å². The Labute approximate surface area is 113 Å². The van der Waals surface area contributed by atoms with Crippen LogP contribution in [-0.2, 0) is 18.2 Å². The summed E-state index contributed by atoms with van der Waals surface area (Å²) in [6, 6.07) is 0. The van der Waals surface area contributed by atoms with Gasteiger partial charge in [-0.25, -0.2) is 4.79 Å². The molecule has 0 amide bonds. The summed E-state index contributed by atoms with van der Waals surface area (Å²) in [6.07, 6.45) is 3.21. The van der Waals surface area contributed by atoms with Crippen LogP contribution in [0.3, 0.4) is 0 Å². The van der Waals surface area contributed by atoms with Gasteiger partial charge in [-0.2, -0.15) is 9.90 Å². The largest absolute Gasteiger partial charge is 0.455 e. The highest BCUT2D eigenvalue weighted by molar-refractivity contribution is 5.88. The van der Waals surface area contributed by atoms with Gasteiger partial charge in [-0.1, -0.05) is 6.42 Å². The SMILES string of the molecule is Cn1nc(CCCCCO)c(C(=O)OC(C)(C)C)n1. The zero-order valence-corrected chi connectivity index (χ0v) is 12.1. The molecule has 0 aliphatic heterocycles. The summed E-state index contributed by atoms with van der Waals surface area (Å²) in [5, 5.41) is 17.0. The standard InChI is InChI=1S/C13H23N3O3/c1-13(2,3)19-12(18)11-10(14-16(4)15-11)8-6-5-7-9-17/h17H,5-9H2,1-4H3. The molecular formula is C13H23N3O3. The van der Waals surface area contributed by atoms with Crippen molar-refractivity contribution in [2.24, 2.45) is 7.05 Å². The van der Waals surface area contributed by atoms with Crippen LogP contribution in [0.1, 0.15) is 56.2 Å². The third kappa shape index (κ3) is 5.38. The van der Waals surface area contributed by atoms with Crippen LogP contribution in [0.5, 0.6) is 0 Å². The number of nitrogens with zero attached hydrogens (tertiary/aromatic N) is 3. The molecule has 1 rings (SSSR count). The van der Waals surface area contributed by atoms with Crippen LogP contribution in [-0.4, -0.2) is 38.3 Å². The van der Waals surface area contributed by atoms with E-state index in [0.29, 0.717) is 17.8 Å². The van der Waals surface area contributed by atoms with Crippen LogP contribution in [0, 0.1) is 0 Å². The van der Waals surface area contributed by atoms with Crippen molar-refractivity contribution >= 4 is 5.97 Å². The second-order valence-electron chi connectivity index (χ2n) is 5.52. The van der Waals surface area contributed by atoms with E-state index < -0.39 is 11.6 Å². The predicted octanol–water partition coefficient (Wildman–Crippen LogP) is 1.48. The van der Waals surface area contributed by atoms with Crippen LogP contribution >= 0.6 is 0 Å². The number of hydrogen-bond donors (Lipinski definition) is 1. The molecule has 0 saturated heterocycles. The van der Waals surface area contributed by atoms with E-state index in [-0.39, 0.29) is 6.61 Å². The lowest BCUT2D eigenvalue weighted by atomic mass is 10.1. The van der Waals surface area contributed by atoms with E-state index in [1.165, 1.54) is 4.80 Å². The molecule has 0 unspecified atom stereocenters. The fourth-order valence-corrected chi connectivity index (χ4v) is 1.68. The molecule has 0 saturated carbocycles. The van der Waals surface area contributed by atoms with Crippen molar-refractivity contribution in [1.82, 2.24) is 15.0 Å². The summed E-state index contributed by atoms with van der Waals surface area (Å²) in [7, 11) is 1.69. The Bertz CT molecular complexity index is 421. The highest BCUT2D eigenvalue weighted by Crippen LogP contribution is 2.14. The molecule has 0 aliphatic rings. The van der Waals surface area contributed by atoms with E-state index >= 15 is 0 Å². The summed E-state index contributed by atoms with van der Waals surface area (Å²) in [4.78, 5) is 13.4. The van der Waals surface area contributed by atoms with Crippen molar-refractivity contribution in [3.05, 3.63) is 11.4 Å². The van der Waals surface area contributed by atoms with Crippen LogP contribution < -0.4 is 0 Å². The van der Waals surface area contributed by atoms with Crippen molar-refractivity contribution in [3.63, 3.8) is 0 Å². The Morgan fingerprint density at radius 2 is 1.95 bits per heavy atom. The average Bonchev–Trinajstić information content (AvgIpc) is 2.64. The molecule has 0 bridgehead atoms. The minimum Gasteiger partial charge on any atom is -0.455 e. The quantitative estimate of drug-likeness (QED) is 0.625. The molecule has 0 spiro atoms. The van der Waals surface area contributed by atoms with Crippen LogP contribution in [0.4, 0.5) is 0 Å². The number of hydrogen-bond acceptors (Lipinski definition) is 5. The normalized spacial score (nSPS) is 11.6. The van der Waals surface area contributed by atoms with E-state index in [9.17, 15) is 4.79 Å². The lowest BCUT2D eigenvalue weighted by Crippen LogP contribution is -2.24. The van der Waals surface area contributed by atoms with Crippen molar-refractivity contribution in [2.75, 3.05) is 6.61 Å². The maximum absolute atomic E-state index is 12.0. The first-order valence-corrected chi connectivity index (χ1v) is 6.58. The molecule has 1 aromatic rings. The molecular weight excluding hydrogens is 246 g/mol. The zero-order chi connectivity index (χ0) is 14.5. The van der Waals surface area contributed by atoms with Gasteiger partial charge >= 0.3 is 5.97 Å². The number of unbranched alkanes of at least 4 members (excludes halogenated alkanes) is 2. The lowest BCUT2D eigenvalue weighted by Gasteiger charge is -2.18. The highest BCUT2D eigenvalue weighted by Gasteiger charge is 2.23. The first kappa shape index (κ1) is 15.6. The maximum atomic E-state index is 12.0. The molecule has 0 atom stereocenters. The first-order chi connectivity index (χ1) is 8.83. The van der Waals surface area contributed by atoms with Crippen LogP contribution in [0.2, 0.25) is 0 Å². The molecule has 0 aromatic carbocycles. The summed E-state index contributed by atoms with van der Waals surface area (Å²) >= 11 is 0. The Hall–Kier alpha value is -1.43. The minimum absolute atomic E-state index is 0.194.